The highest BCUT2D eigenvalue weighted by Gasteiger charge is 2.24. The van der Waals surface area contributed by atoms with Gasteiger partial charge in [0.2, 0.25) is 0 Å². The minimum atomic E-state index is -4.64. The van der Waals surface area contributed by atoms with Crippen molar-refractivity contribution < 1.29 is 19.1 Å². The highest BCUT2D eigenvalue weighted by atomic mass is 31.2. The summed E-state index contributed by atoms with van der Waals surface area (Å²) in [6.07, 6.45) is 3.55. The maximum Gasteiger partial charge on any atom is 0.413 e. The van der Waals surface area contributed by atoms with Crippen molar-refractivity contribution in [1.29, 1.82) is 0 Å². The molecule has 1 aromatic heterocycles. The number of rotatable bonds is 4. The topological polar surface area (TPSA) is 115 Å². The zero-order valence-electron chi connectivity index (χ0n) is 7.17. The van der Waals surface area contributed by atoms with Crippen LogP contribution in [0, 0.1) is 0 Å². The van der Waals surface area contributed by atoms with Gasteiger partial charge < -0.3 is 20.1 Å². The highest BCUT2D eigenvalue weighted by molar-refractivity contribution is 7.69. The van der Waals surface area contributed by atoms with E-state index in [2.05, 4.69) is 15.3 Å². The van der Waals surface area contributed by atoms with E-state index in [1.54, 1.807) is 6.20 Å². The molecule has 8 heteroatoms. The molecule has 1 aromatic rings. The highest BCUT2D eigenvalue weighted by Crippen LogP contribution is 2.34. The van der Waals surface area contributed by atoms with Crippen LogP contribution in [0.4, 0.5) is 4.79 Å². The number of carbonyl (C=O) groups excluding carboxylic acids is 1. The average molecular weight is 219 g/mol. The fourth-order valence-corrected chi connectivity index (χ4v) is 1.15. The Labute approximate surface area is 79.7 Å². The summed E-state index contributed by atoms with van der Waals surface area (Å²) in [5, 5.41) is 2.10. The number of imidazole rings is 1. The summed E-state index contributed by atoms with van der Waals surface area (Å²) >= 11 is 0. The lowest BCUT2D eigenvalue weighted by Gasteiger charge is -2.04. The van der Waals surface area contributed by atoms with Gasteiger partial charge >= 0.3 is 13.2 Å². The molecule has 0 atom stereocenters. The monoisotopic (exact) mass is 219 g/mol. The van der Waals surface area contributed by atoms with E-state index in [9.17, 15) is 9.36 Å². The summed E-state index contributed by atoms with van der Waals surface area (Å²) in [5.74, 6) is 0. The van der Waals surface area contributed by atoms with E-state index >= 15 is 0 Å². The molecule has 0 saturated heterocycles. The molecule has 0 aliphatic heterocycles. The van der Waals surface area contributed by atoms with Crippen LogP contribution in [0.3, 0.4) is 0 Å². The average Bonchev–Trinajstić information content (AvgIpc) is 2.55. The minimum Gasteiger partial charge on any atom is -0.351 e. The van der Waals surface area contributed by atoms with Crippen LogP contribution >= 0.6 is 7.60 Å². The lowest BCUT2D eigenvalue weighted by Crippen LogP contribution is -2.24. The van der Waals surface area contributed by atoms with Gasteiger partial charge in [-0.3, -0.25) is 4.79 Å². The predicted octanol–water partition coefficient (Wildman–Crippen LogP) is -0.160. The second-order valence-electron chi connectivity index (χ2n) is 2.59. The van der Waals surface area contributed by atoms with Gasteiger partial charge in [-0.2, -0.15) is 0 Å². The molecule has 0 aliphatic carbocycles. The van der Waals surface area contributed by atoms with Crippen molar-refractivity contribution in [3.8, 4) is 0 Å². The normalized spacial score (nSPS) is 11.3. The molecule has 0 bridgehead atoms. The molecular formula is C6H10N3O4P. The summed E-state index contributed by atoms with van der Waals surface area (Å²) in [5.41, 5.74) is -0.538. The largest absolute Gasteiger partial charge is 0.413 e. The Kier molecular flexibility index (Phi) is 3.40. The second kappa shape index (κ2) is 4.36. The van der Waals surface area contributed by atoms with Crippen molar-refractivity contribution >= 4 is 13.2 Å². The molecule has 1 heterocycles. The third-order valence-corrected chi connectivity index (χ3v) is 2.16. The van der Waals surface area contributed by atoms with Crippen molar-refractivity contribution in [2.24, 2.45) is 0 Å². The third-order valence-electron chi connectivity index (χ3n) is 1.48. The standard InChI is InChI=1S/C6H10N3O4P/c10-6(14(11,12)13)8-2-1-5-3-7-4-9-5/h3-4H,1-2H2,(H,7,9)(H,8,10)(H2,11,12,13). The van der Waals surface area contributed by atoms with E-state index in [0.717, 1.165) is 5.69 Å². The first kappa shape index (κ1) is 10.9. The summed E-state index contributed by atoms with van der Waals surface area (Å²) in [6, 6.07) is 0. The Morgan fingerprint density at radius 1 is 1.64 bits per heavy atom. The molecule has 78 valence electrons. The van der Waals surface area contributed by atoms with E-state index in [4.69, 9.17) is 9.79 Å². The van der Waals surface area contributed by atoms with Crippen LogP contribution in [0.5, 0.6) is 0 Å². The maximum atomic E-state index is 10.7. The molecule has 1 rings (SSSR count). The molecule has 0 saturated carbocycles. The van der Waals surface area contributed by atoms with E-state index in [0.29, 0.717) is 6.42 Å². The molecule has 1 amide bonds. The smallest absolute Gasteiger partial charge is 0.351 e. The van der Waals surface area contributed by atoms with Crippen molar-refractivity contribution in [3.05, 3.63) is 18.2 Å². The van der Waals surface area contributed by atoms with Crippen LogP contribution in [-0.4, -0.2) is 31.9 Å². The van der Waals surface area contributed by atoms with Gasteiger partial charge in [0.1, 0.15) is 0 Å². The molecule has 4 N–H and O–H groups in total. The van der Waals surface area contributed by atoms with Gasteiger partial charge in [-0.05, 0) is 0 Å². The Morgan fingerprint density at radius 3 is 2.86 bits per heavy atom. The molecule has 0 radical (unpaired) electrons. The van der Waals surface area contributed by atoms with Crippen molar-refractivity contribution in [3.63, 3.8) is 0 Å². The Morgan fingerprint density at radius 2 is 2.36 bits per heavy atom. The number of hydrogen-bond donors (Lipinski definition) is 4. The van der Waals surface area contributed by atoms with Crippen molar-refractivity contribution in [1.82, 2.24) is 15.3 Å². The molecular weight excluding hydrogens is 209 g/mol. The first-order valence-electron chi connectivity index (χ1n) is 3.82. The Bertz CT molecular complexity index is 344. The molecule has 0 spiro atoms. The van der Waals surface area contributed by atoms with Gasteiger partial charge in [0.25, 0.3) is 0 Å². The van der Waals surface area contributed by atoms with Crippen LogP contribution in [0.1, 0.15) is 5.69 Å². The van der Waals surface area contributed by atoms with E-state index in [1.807, 2.05) is 0 Å². The number of aromatic amines is 1. The van der Waals surface area contributed by atoms with E-state index in [-0.39, 0.29) is 6.54 Å². The van der Waals surface area contributed by atoms with Crippen molar-refractivity contribution in [2.45, 2.75) is 6.42 Å². The minimum absolute atomic E-state index is 0.148. The van der Waals surface area contributed by atoms with Gasteiger partial charge in [-0.25, -0.2) is 9.55 Å². The van der Waals surface area contributed by atoms with Gasteiger partial charge in [-0.1, -0.05) is 0 Å². The summed E-state index contributed by atoms with van der Waals surface area (Å²) < 4.78 is 10.4. The van der Waals surface area contributed by atoms with E-state index in [1.165, 1.54) is 6.33 Å². The molecule has 0 unspecified atom stereocenters. The second-order valence-corrected chi connectivity index (χ2v) is 4.08. The van der Waals surface area contributed by atoms with Crippen LogP contribution in [0.15, 0.2) is 12.5 Å². The van der Waals surface area contributed by atoms with Gasteiger partial charge in [0, 0.05) is 19.2 Å². The summed E-state index contributed by atoms with van der Waals surface area (Å²) in [7, 11) is -4.64. The molecule has 7 nitrogen and oxygen atoms in total. The summed E-state index contributed by atoms with van der Waals surface area (Å²) in [6.45, 7) is 0.148. The number of H-pyrrole nitrogens is 1. The first-order chi connectivity index (χ1) is 6.50. The number of nitrogens with one attached hydrogen (secondary N) is 2. The fraction of sp³-hybridized carbons (Fsp3) is 0.333. The zero-order valence-corrected chi connectivity index (χ0v) is 8.07. The lowest BCUT2D eigenvalue weighted by atomic mass is 10.3. The van der Waals surface area contributed by atoms with Crippen LogP contribution < -0.4 is 5.32 Å². The number of aromatic nitrogens is 2. The first-order valence-corrected chi connectivity index (χ1v) is 5.43. The van der Waals surface area contributed by atoms with Gasteiger partial charge in [0.05, 0.1) is 12.0 Å². The SMILES string of the molecule is O=C(NCCc1c[nH]cn1)P(=O)(O)O. The molecule has 0 fully saturated rings. The quantitative estimate of drug-likeness (QED) is 0.525. The summed E-state index contributed by atoms with van der Waals surface area (Å²) in [4.78, 5) is 34.1. The van der Waals surface area contributed by atoms with E-state index < -0.39 is 13.2 Å². The number of hydrogen-bond acceptors (Lipinski definition) is 3. The zero-order chi connectivity index (χ0) is 10.6. The number of nitrogens with zero attached hydrogens (tertiary/aromatic N) is 1. The third kappa shape index (κ3) is 3.29. The maximum absolute atomic E-state index is 10.7. The van der Waals surface area contributed by atoms with Crippen molar-refractivity contribution in [2.75, 3.05) is 6.54 Å². The van der Waals surface area contributed by atoms with Crippen LogP contribution in [-0.2, 0) is 11.0 Å². The number of carbonyl (C=O) groups is 1. The molecule has 0 aliphatic rings. The van der Waals surface area contributed by atoms with Crippen LogP contribution in [0.2, 0.25) is 0 Å². The van der Waals surface area contributed by atoms with Crippen LogP contribution in [0.25, 0.3) is 0 Å². The Balaban J connectivity index is 2.29. The van der Waals surface area contributed by atoms with Gasteiger partial charge in [-0.15, -0.1) is 0 Å². The number of amides is 1. The van der Waals surface area contributed by atoms with Gasteiger partial charge in [0.15, 0.2) is 0 Å². The Hall–Kier alpha value is -1.17. The molecule has 0 aromatic carbocycles. The fourth-order valence-electron chi connectivity index (χ4n) is 0.828. The molecule has 14 heavy (non-hydrogen) atoms. The predicted molar refractivity (Wildman–Crippen MR) is 47.7 cm³/mol. The lowest BCUT2D eigenvalue weighted by molar-refractivity contribution is 0.248.